The standard InChI is InChI=1S/C19H29NO8/c1-11(2)9-16(21)10-20-6-5-12-7-14(27-3)15(28-4)8-13(12)17(20,22)19(25,26)18(16,23)24/h7-8,11,21-26H,5-6,9-10H2,1-4H3. The number of hydrogen-bond donors (Lipinski definition) is 6. The molecule has 9 nitrogen and oxygen atoms in total. The Morgan fingerprint density at radius 3 is 2.07 bits per heavy atom. The van der Waals surface area contributed by atoms with E-state index >= 15 is 0 Å². The molecule has 1 aromatic rings. The Hall–Kier alpha value is -1.46. The molecule has 158 valence electrons. The zero-order valence-corrected chi connectivity index (χ0v) is 16.5. The van der Waals surface area contributed by atoms with Crippen molar-refractivity contribution >= 4 is 0 Å². The highest BCUT2D eigenvalue weighted by atomic mass is 16.6. The van der Waals surface area contributed by atoms with Gasteiger partial charge in [0.05, 0.1) is 14.2 Å². The minimum Gasteiger partial charge on any atom is -0.493 e. The smallest absolute Gasteiger partial charge is 0.270 e. The van der Waals surface area contributed by atoms with Crippen LogP contribution in [0.3, 0.4) is 0 Å². The van der Waals surface area contributed by atoms with Crippen molar-refractivity contribution in [3.05, 3.63) is 23.3 Å². The van der Waals surface area contributed by atoms with Crippen LogP contribution in [0.1, 0.15) is 31.4 Å². The predicted molar refractivity (Wildman–Crippen MR) is 97.5 cm³/mol. The van der Waals surface area contributed by atoms with E-state index in [2.05, 4.69) is 0 Å². The van der Waals surface area contributed by atoms with Crippen LogP contribution in [0.4, 0.5) is 0 Å². The molecule has 0 spiro atoms. The normalized spacial score (nSPS) is 31.2. The van der Waals surface area contributed by atoms with Gasteiger partial charge in [-0.25, -0.2) is 0 Å². The lowest BCUT2D eigenvalue weighted by Gasteiger charge is -2.62. The number of nitrogens with zero attached hydrogens (tertiary/aromatic N) is 1. The molecular weight excluding hydrogens is 370 g/mol. The Balaban J connectivity index is 2.21. The van der Waals surface area contributed by atoms with E-state index in [-0.39, 0.29) is 36.7 Å². The second-order valence-electron chi connectivity index (χ2n) is 8.18. The van der Waals surface area contributed by atoms with Gasteiger partial charge in [0.25, 0.3) is 11.6 Å². The first-order chi connectivity index (χ1) is 12.9. The van der Waals surface area contributed by atoms with Crippen LogP contribution in [0.5, 0.6) is 11.5 Å². The third-order valence-corrected chi connectivity index (χ3v) is 5.91. The summed E-state index contributed by atoms with van der Waals surface area (Å²) in [6, 6.07) is 2.98. The van der Waals surface area contributed by atoms with Gasteiger partial charge in [0.2, 0.25) is 5.72 Å². The topological polar surface area (TPSA) is 143 Å². The molecule has 2 heterocycles. The maximum Gasteiger partial charge on any atom is 0.270 e. The molecule has 6 N–H and O–H groups in total. The van der Waals surface area contributed by atoms with Crippen molar-refractivity contribution < 1.29 is 40.1 Å². The first kappa shape index (κ1) is 21.3. The summed E-state index contributed by atoms with van der Waals surface area (Å²) < 4.78 is 10.5. The molecule has 2 atom stereocenters. The highest BCUT2D eigenvalue weighted by Crippen LogP contribution is 2.54. The molecule has 3 rings (SSSR count). The lowest BCUT2D eigenvalue weighted by atomic mass is 9.68. The molecule has 28 heavy (non-hydrogen) atoms. The van der Waals surface area contributed by atoms with Gasteiger partial charge in [-0.05, 0) is 36.5 Å². The molecule has 0 bridgehead atoms. The summed E-state index contributed by atoms with van der Waals surface area (Å²) in [4.78, 5) is 1.26. The molecule has 0 amide bonds. The van der Waals surface area contributed by atoms with Crippen molar-refractivity contribution in [2.24, 2.45) is 5.92 Å². The zero-order valence-electron chi connectivity index (χ0n) is 16.5. The Bertz CT molecular complexity index is 765. The molecule has 1 saturated heterocycles. The first-order valence-electron chi connectivity index (χ1n) is 9.20. The highest BCUT2D eigenvalue weighted by molar-refractivity contribution is 5.51. The third kappa shape index (κ3) is 2.58. The fraction of sp³-hybridized carbons (Fsp3) is 0.684. The molecule has 0 saturated carbocycles. The number of piperidine rings is 1. The first-order valence-corrected chi connectivity index (χ1v) is 9.20. The minimum absolute atomic E-state index is 0.0421. The molecule has 2 unspecified atom stereocenters. The zero-order chi connectivity index (χ0) is 21.1. The van der Waals surface area contributed by atoms with Gasteiger partial charge < -0.3 is 40.1 Å². The number of rotatable bonds is 4. The summed E-state index contributed by atoms with van der Waals surface area (Å²) in [5.74, 6) is -6.45. The van der Waals surface area contributed by atoms with Crippen molar-refractivity contribution in [2.45, 2.75) is 49.6 Å². The van der Waals surface area contributed by atoms with Gasteiger partial charge in [-0.3, -0.25) is 4.90 Å². The average molecular weight is 399 g/mol. The van der Waals surface area contributed by atoms with E-state index in [0.717, 1.165) is 0 Å². The van der Waals surface area contributed by atoms with Crippen molar-refractivity contribution in [3.8, 4) is 11.5 Å². The second kappa shape index (κ2) is 6.53. The maximum atomic E-state index is 11.5. The summed E-state index contributed by atoms with van der Waals surface area (Å²) in [5, 5.41) is 65.6. The molecule has 0 aliphatic carbocycles. The van der Waals surface area contributed by atoms with Gasteiger partial charge in [0.1, 0.15) is 5.60 Å². The van der Waals surface area contributed by atoms with Crippen molar-refractivity contribution in [1.29, 1.82) is 0 Å². The van der Waals surface area contributed by atoms with Gasteiger partial charge in [-0.15, -0.1) is 0 Å². The van der Waals surface area contributed by atoms with E-state index in [1.165, 1.54) is 25.2 Å². The van der Waals surface area contributed by atoms with Gasteiger partial charge in [-0.2, -0.15) is 0 Å². The summed E-state index contributed by atoms with van der Waals surface area (Å²) >= 11 is 0. The maximum absolute atomic E-state index is 11.5. The second-order valence-corrected chi connectivity index (χ2v) is 8.18. The van der Waals surface area contributed by atoms with Crippen LogP contribution in [0, 0.1) is 5.92 Å². The number of hydrogen-bond acceptors (Lipinski definition) is 9. The molecule has 0 radical (unpaired) electrons. The monoisotopic (exact) mass is 399 g/mol. The summed E-state index contributed by atoms with van der Waals surface area (Å²) in [6.45, 7) is 3.30. The minimum atomic E-state index is -3.50. The van der Waals surface area contributed by atoms with Crippen LogP contribution in [-0.2, 0) is 12.1 Å². The van der Waals surface area contributed by atoms with Crippen LogP contribution in [0.15, 0.2) is 12.1 Å². The summed E-state index contributed by atoms with van der Waals surface area (Å²) in [6.07, 6.45) is 0.296. The Labute approximate surface area is 163 Å². The molecule has 1 aromatic carbocycles. The van der Waals surface area contributed by atoms with Crippen LogP contribution < -0.4 is 9.47 Å². The van der Waals surface area contributed by atoms with E-state index < -0.39 is 22.9 Å². The third-order valence-electron chi connectivity index (χ3n) is 5.91. The van der Waals surface area contributed by atoms with E-state index in [9.17, 15) is 30.6 Å². The number of ether oxygens (including phenoxy) is 2. The van der Waals surface area contributed by atoms with Crippen molar-refractivity contribution in [1.82, 2.24) is 4.90 Å². The molecule has 0 aromatic heterocycles. The molecule has 2 aliphatic heterocycles. The number of fused-ring (bicyclic) bond motifs is 3. The Kier molecular flexibility index (Phi) is 4.96. The van der Waals surface area contributed by atoms with Crippen LogP contribution >= 0.6 is 0 Å². The van der Waals surface area contributed by atoms with Crippen LogP contribution in [0.2, 0.25) is 0 Å². The lowest BCUT2D eigenvalue weighted by Crippen LogP contribution is -2.85. The Morgan fingerprint density at radius 2 is 1.54 bits per heavy atom. The van der Waals surface area contributed by atoms with Gasteiger partial charge in [-0.1, -0.05) is 13.8 Å². The largest absolute Gasteiger partial charge is 0.493 e. The van der Waals surface area contributed by atoms with Gasteiger partial charge >= 0.3 is 0 Å². The lowest BCUT2D eigenvalue weighted by molar-refractivity contribution is -0.499. The van der Waals surface area contributed by atoms with Crippen molar-refractivity contribution in [2.75, 3.05) is 27.3 Å². The van der Waals surface area contributed by atoms with Gasteiger partial charge in [0.15, 0.2) is 11.5 Å². The average Bonchev–Trinajstić information content (AvgIpc) is 2.61. The van der Waals surface area contributed by atoms with E-state index in [4.69, 9.17) is 9.47 Å². The van der Waals surface area contributed by atoms with Crippen molar-refractivity contribution in [3.63, 3.8) is 0 Å². The molecule has 2 aliphatic rings. The highest BCUT2D eigenvalue weighted by Gasteiger charge is 2.76. The Morgan fingerprint density at radius 1 is 0.964 bits per heavy atom. The molecule has 1 fully saturated rings. The van der Waals surface area contributed by atoms with Crippen LogP contribution in [-0.4, -0.2) is 80.0 Å². The van der Waals surface area contributed by atoms with Gasteiger partial charge in [0, 0.05) is 18.7 Å². The number of methoxy groups -OCH3 is 2. The summed E-state index contributed by atoms with van der Waals surface area (Å²) in [7, 11) is 2.85. The fourth-order valence-electron chi connectivity index (χ4n) is 4.52. The molecular formula is C19H29NO8. The number of benzene rings is 1. The quantitative estimate of drug-likeness (QED) is 0.346. The van der Waals surface area contributed by atoms with E-state index in [1.807, 2.05) is 0 Å². The predicted octanol–water partition coefficient (Wildman–Crippen LogP) is -1.14. The SMILES string of the molecule is COc1cc2c(cc1OC)C1(O)N(CC2)CC(O)(CC(C)C)C(O)(O)C1(O)O. The fourth-order valence-corrected chi connectivity index (χ4v) is 4.52. The number of aliphatic hydroxyl groups is 6. The van der Waals surface area contributed by atoms with Crippen LogP contribution in [0.25, 0.3) is 0 Å². The van der Waals surface area contributed by atoms with E-state index in [1.54, 1.807) is 19.9 Å². The molecule has 9 heteroatoms. The summed E-state index contributed by atoms with van der Waals surface area (Å²) in [5.41, 5.74) is -4.29. The van der Waals surface area contributed by atoms with E-state index in [0.29, 0.717) is 17.7 Å².